The van der Waals surface area contributed by atoms with Crippen LogP contribution >= 0.6 is 0 Å². The number of fused-ring (bicyclic) bond motifs is 5. The molecule has 148 valence electrons. The first-order valence-corrected chi connectivity index (χ1v) is 9.87. The summed E-state index contributed by atoms with van der Waals surface area (Å²) in [7, 11) is 0. The molecule has 2 N–H and O–H groups in total. The highest BCUT2D eigenvalue weighted by Crippen LogP contribution is 2.69. The highest BCUT2D eigenvalue weighted by Gasteiger charge is 2.74. The number of halogens is 1. The molecule has 0 heterocycles. The molecule has 0 bridgehead atoms. The number of Topliss-reactive ketones (excluding diaryl/α,β-unsaturated/α-hetero) is 2. The van der Waals surface area contributed by atoms with E-state index in [1.807, 2.05) is 0 Å². The largest absolute Gasteiger partial charge is 0.388 e. The number of aliphatic hydroxyl groups is 2. The van der Waals surface area contributed by atoms with E-state index in [0.717, 1.165) is 5.57 Å². The zero-order chi connectivity index (χ0) is 19.8. The highest BCUT2D eigenvalue weighted by atomic mass is 19.1. The third-order valence-corrected chi connectivity index (χ3v) is 8.56. The number of hydrogen-bond acceptors (Lipinski definition) is 5. The molecule has 6 atom stereocenters. The summed E-state index contributed by atoms with van der Waals surface area (Å²) in [5.74, 6) is -2.16. The van der Waals surface area contributed by atoms with Gasteiger partial charge in [-0.15, -0.1) is 0 Å². The van der Waals surface area contributed by atoms with Crippen molar-refractivity contribution in [2.45, 2.75) is 70.1 Å². The number of carbonyl (C=O) groups is 3. The molecule has 0 amide bonds. The van der Waals surface area contributed by atoms with Crippen LogP contribution in [0.1, 0.15) is 58.8 Å². The fourth-order valence-electron chi connectivity index (χ4n) is 6.88. The molecule has 3 fully saturated rings. The van der Waals surface area contributed by atoms with Crippen LogP contribution in [0.5, 0.6) is 0 Å². The molecule has 1 unspecified atom stereocenters. The second-order valence-electron chi connectivity index (χ2n) is 9.43. The molecule has 6 heteroatoms. The van der Waals surface area contributed by atoms with Crippen molar-refractivity contribution in [2.24, 2.45) is 22.7 Å². The molecule has 0 aromatic carbocycles. The molecular weight excluding hydrogens is 351 g/mol. The predicted molar refractivity (Wildman–Crippen MR) is 94.5 cm³/mol. The van der Waals surface area contributed by atoms with Crippen molar-refractivity contribution in [3.8, 4) is 0 Å². The lowest BCUT2D eigenvalue weighted by Gasteiger charge is -2.60. The molecule has 4 aliphatic carbocycles. The van der Waals surface area contributed by atoms with Gasteiger partial charge in [-0.2, -0.15) is 0 Å². The Bertz CT molecular complexity index is 775. The molecule has 5 nitrogen and oxygen atoms in total. The van der Waals surface area contributed by atoms with Gasteiger partial charge in [0, 0.05) is 29.6 Å². The van der Waals surface area contributed by atoms with Gasteiger partial charge in [0.15, 0.2) is 23.0 Å². The molecule has 0 radical (unpaired) electrons. The Balaban J connectivity index is 1.81. The van der Waals surface area contributed by atoms with E-state index in [-0.39, 0.29) is 31.0 Å². The van der Waals surface area contributed by atoms with Crippen molar-refractivity contribution < 1.29 is 29.0 Å². The van der Waals surface area contributed by atoms with E-state index in [4.69, 9.17) is 0 Å². The number of carbonyl (C=O) groups excluding carboxylic acids is 3. The van der Waals surface area contributed by atoms with E-state index >= 15 is 4.39 Å². The van der Waals surface area contributed by atoms with E-state index < -0.39 is 46.2 Å². The lowest BCUT2D eigenvalue weighted by molar-refractivity contribution is -0.189. The Morgan fingerprint density at radius 1 is 1.19 bits per heavy atom. The van der Waals surface area contributed by atoms with E-state index in [1.54, 1.807) is 13.8 Å². The molecule has 3 saturated carbocycles. The minimum Gasteiger partial charge on any atom is -0.388 e. The number of aliphatic hydroxyl groups excluding tert-OH is 1. The number of alkyl halides is 1. The minimum absolute atomic E-state index is 0.0126. The summed E-state index contributed by atoms with van der Waals surface area (Å²) in [6.07, 6.45) is 3.46. The van der Waals surface area contributed by atoms with Crippen LogP contribution in [0.25, 0.3) is 0 Å². The zero-order valence-electron chi connectivity index (χ0n) is 15.9. The third-order valence-electron chi connectivity index (χ3n) is 8.56. The van der Waals surface area contributed by atoms with Crippen molar-refractivity contribution >= 4 is 17.3 Å². The minimum atomic E-state index is -2.07. The Morgan fingerprint density at radius 2 is 1.89 bits per heavy atom. The molecule has 4 aliphatic rings. The number of ketones is 3. The molecule has 0 spiro atoms. The molecule has 27 heavy (non-hydrogen) atoms. The normalized spacial score (nSPS) is 49.1. The summed E-state index contributed by atoms with van der Waals surface area (Å²) in [5.41, 5.74) is -5.19. The van der Waals surface area contributed by atoms with Crippen LogP contribution < -0.4 is 0 Å². The maximum absolute atomic E-state index is 16.7. The fraction of sp³-hybridized carbons (Fsp3) is 0.762. The van der Waals surface area contributed by atoms with Crippen LogP contribution in [0.4, 0.5) is 4.39 Å². The summed E-state index contributed by atoms with van der Waals surface area (Å²) in [5, 5.41) is 20.4. The Morgan fingerprint density at radius 3 is 2.56 bits per heavy atom. The van der Waals surface area contributed by atoms with Crippen molar-refractivity contribution in [2.75, 3.05) is 6.61 Å². The average molecular weight is 378 g/mol. The molecule has 0 aliphatic heterocycles. The van der Waals surface area contributed by atoms with Crippen LogP contribution in [0.15, 0.2) is 11.6 Å². The average Bonchev–Trinajstić information content (AvgIpc) is 2.88. The number of allylic oxidation sites excluding steroid dienone is 1. The van der Waals surface area contributed by atoms with E-state index in [2.05, 4.69) is 0 Å². The van der Waals surface area contributed by atoms with Crippen molar-refractivity contribution in [3.05, 3.63) is 11.6 Å². The lowest BCUT2D eigenvalue weighted by atomic mass is 9.44. The van der Waals surface area contributed by atoms with Gasteiger partial charge < -0.3 is 10.2 Å². The molecule has 0 saturated heterocycles. The summed E-state index contributed by atoms with van der Waals surface area (Å²) < 4.78 is 16.7. The van der Waals surface area contributed by atoms with E-state index in [0.29, 0.717) is 25.7 Å². The standard InChI is InChI=1S/C21H27FO5/c1-18-7-5-13(24)9-12(18)3-4-15-14-6-8-20(27,17(26)11-23)19(14,2)10-16(25)21(15,18)22/h9,14-15,23,27H,3-8,10-11H2,1-2H3/t14-,15-,18-,19-,20-,21?/m0/s1. The molecule has 4 rings (SSSR count). The van der Waals surface area contributed by atoms with Crippen molar-refractivity contribution in [1.82, 2.24) is 0 Å². The van der Waals surface area contributed by atoms with Gasteiger partial charge in [-0.25, -0.2) is 4.39 Å². The monoisotopic (exact) mass is 378 g/mol. The topological polar surface area (TPSA) is 91.7 Å². The number of rotatable bonds is 2. The van der Waals surface area contributed by atoms with Crippen LogP contribution in [-0.4, -0.2) is 45.4 Å². The van der Waals surface area contributed by atoms with Gasteiger partial charge in [0.2, 0.25) is 0 Å². The van der Waals surface area contributed by atoms with Gasteiger partial charge in [-0.3, -0.25) is 14.4 Å². The first kappa shape index (κ1) is 18.9. The zero-order valence-corrected chi connectivity index (χ0v) is 15.9. The first-order chi connectivity index (χ1) is 12.5. The van der Waals surface area contributed by atoms with Crippen LogP contribution in [0.2, 0.25) is 0 Å². The quantitative estimate of drug-likeness (QED) is 0.768. The van der Waals surface area contributed by atoms with Gasteiger partial charge in [0.1, 0.15) is 12.2 Å². The maximum atomic E-state index is 16.7. The van der Waals surface area contributed by atoms with Crippen LogP contribution in [-0.2, 0) is 14.4 Å². The molecule has 0 aromatic heterocycles. The molecule has 0 aromatic rings. The van der Waals surface area contributed by atoms with Crippen LogP contribution in [0, 0.1) is 22.7 Å². The summed E-state index contributed by atoms with van der Waals surface area (Å²) in [6, 6.07) is 0. The van der Waals surface area contributed by atoms with E-state index in [1.165, 1.54) is 6.08 Å². The number of hydrogen-bond donors (Lipinski definition) is 2. The Hall–Kier alpha value is -1.40. The SMILES string of the molecule is C[C@]12CCC(=O)C=C1CC[C@H]1[C@@H]3CC[C@](O)(C(=O)CO)[C@@]3(C)CC(=O)C12F. The first-order valence-electron chi connectivity index (χ1n) is 9.87. The van der Waals surface area contributed by atoms with Crippen molar-refractivity contribution in [1.29, 1.82) is 0 Å². The highest BCUT2D eigenvalue weighted by molar-refractivity contribution is 5.97. The molecular formula is C21H27FO5. The lowest BCUT2D eigenvalue weighted by Crippen LogP contribution is -2.68. The fourth-order valence-corrected chi connectivity index (χ4v) is 6.88. The summed E-state index contributed by atoms with van der Waals surface area (Å²) in [4.78, 5) is 37.4. The van der Waals surface area contributed by atoms with Crippen molar-refractivity contribution in [3.63, 3.8) is 0 Å². The predicted octanol–water partition coefficient (Wildman–Crippen LogP) is 2.08. The second kappa shape index (κ2) is 5.57. The van der Waals surface area contributed by atoms with Gasteiger partial charge in [0.25, 0.3) is 0 Å². The Labute approximate surface area is 158 Å². The third kappa shape index (κ3) is 2.03. The van der Waals surface area contributed by atoms with Gasteiger partial charge >= 0.3 is 0 Å². The Kier molecular flexibility index (Phi) is 3.91. The summed E-state index contributed by atoms with van der Waals surface area (Å²) in [6.45, 7) is 2.68. The second-order valence-corrected chi connectivity index (χ2v) is 9.43. The maximum Gasteiger partial charge on any atom is 0.190 e. The van der Waals surface area contributed by atoms with Gasteiger partial charge in [-0.1, -0.05) is 19.4 Å². The van der Waals surface area contributed by atoms with Crippen LogP contribution in [0.3, 0.4) is 0 Å². The summed E-state index contributed by atoms with van der Waals surface area (Å²) >= 11 is 0. The smallest absolute Gasteiger partial charge is 0.190 e. The van der Waals surface area contributed by atoms with Gasteiger partial charge in [0.05, 0.1) is 0 Å². The van der Waals surface area contributed by atoms with Gasteiger partial charge in [-0.05, 0) is 44.1 Å². The van der Waals surface area contributed by atoms with E-state index in [9.17, 15) is 24.6 Å².